The lowest BCUT2D eigenvalue weighted by Crippen LogP contribution is -2.71. The van der Waals surface area contributed by atoms with Crippen LogP contribution in [0.3, 0.4) is 0 Å². The van der Waals surface area contributed by atoms with E-state index >= 15 is 0 Å². The summed E-state index contributed by atoms with van der Waals surface area (Å²) in [4.78, 5) is 48.2. The average Bonchev–Trinajstić information content (AvgIpc) is 3.15. The summed E-state index contributed by atoms with van der Waals surface area (Å²) in [5.74, 6) is -0.460. The number of piperazine rings is 1. The standard InChI is InChI=1S/C24H26N4O3/c1-25-13-15-26(16-14-25)23(31)24-12-11-21(29)28(24)20-10-6-5-9-19(20)22(30)27(24)17-18-7-3-2-4-8-18/h2-10H,11-17H2,1H3. The number of benzene rings is 2. The van der Waals surface area contributed by atoms with Crippen molar-refractivity contribution in [2.45, 2.75) is 25.0 Å². The molecule has 0 saturated carbocycles. The van der Waals surface area contributed by atoms with Crippen LogP contribution < -0.4 is 4.90 Å². The van der Waals surface area contributed by atoms with Crippen LogP contribution in [-0.2, 0) is 16.1 Å². The highest BCUT2D eigenvalue weighted by Gasteiger charge is 2.61. The number of carbonyl (C=O) groups is 3. The third kappa shape index (κ3) is 3.03. The number of amides is 3. The quantitative estimate of drug-likeness (QED) is 0.764. The van der Waals surface area contributed by atoms with Gasteiger partial charge in [0, 0.05) is 45.6 Å². The first-order valence-corrected chi connectivity index (χ1v) is 10.8. The number of para-hydroxylation sites is 1. The summed E-state index contributed by atoms with van der Waals surface area (Å²) in [6.07, 6.45) is 0.552. The minimum absolute atomic E-state index is 0.111. The van der Waals surface area contributed by atoms with Gasteiger partial charge in [-0.05, 0) is 24.7 Å². The van der Waals surface area contributed by atoms with Gasteiger partial charge in [0.15, 0.2) is 0 Å². The lowest BCUT2D eigenvalue weighted by molar-refractivity contribution is -0.146. The van der Waals surface area contributed by atoms with Gasteiger partial charge in [-0.25, -0.2) is 0 Å². The number of likely N-dealkylation sites (N-methyl/N-ethyl adjacent to an activating group) is 1. The second-order valence-corrected chi connectivity index (χ2v) is 8.54. The molecule has 2 aromatic carbocycles. The number of carbonyl (C=O) groups excluding carboxylic acids is 3. The van der Waals surface area contributed by atoms with Crippen LogP contribution in [0.5, 0.6) is 0 Å². The van der Waals surface area contributed by atoms with E-state index in [1.165, 1.54) is 0 Å². The number of fused-ring (bicyclic) bond motifs is 3. The van der Waals surface area contributed by atoms with Gasteiger partial charge in [-0.15, -0.1) is 0 Å². The average molecular weight is 418 g/mol. The van der Waals surface area contributed by atoms with Gasteiger partial charge in [0.25, 0.3) is 11.8 Å². The zero-order valence-corrected chi connectivity index (χ0v) is 17.7. The monoisotopic (exact) mass is 418 g/mol. The van der Waals surface area contributed by atoms with Gasteiger partial charge < -0.3 is 14.7 Å². The molecule has 2 aromatic rings. The van der Waals surface area contributed by atoms with Crippen molar-refractivity contribution >= 4 is 23.4 Å². The summed E-state index contributed by atoms with van der Waals surface area (Å²) >= 11 is 0. The van der Waals surface area contributed by atoms with E-state index in [2.05, 4.69) is 4.90 Å². The van der Waals surface area contributed by atoms with Gasteiger partial charge in [0.1, 0.15) is 0 Å². The molecule has 1 atom stereocenters. The Labute approximate surface area is 181 Å². The molecular weight excluding hydrogens is 392 g/mol. The second-order valence-electron chi connectivity index (χ2n) is 8.54. The molecule has 0 N–H and O–H groups in total. The van der Waals surface area contributed by atoms with Gasteiger partial charge >= 0.3 is 0 Å². The molecule has 0 aliphatic carbocycles. The summed E-state index contributed by atoms with van der Waals surface area (Å²) in [6, 6.07) is 16.8. The van der Waals surface area contributed by atoms with Crippen molar-refractivity contribution < 1.29 is 14.4 Å². The maximum Gasteiger partial charge on any atom is 0.270 e. The molecule has 0 radical (unpaired) electrons. The van der Waals surface area contributed by atoms with Crippen LogP contribution in [0.15, 0.2) is 54.6 Å². The molecule has 0 aromatic heterocycles. The van der Waals surface area contributed by atoms with Gasteiger partial charge in [-0.2, -0.15) is 0 Å². The van der Waals surface area contributed by atoms with E-state index in [1.807, 2.05) is 48.3 Å². The number of rotatable bonds is 3. The predicted molar refractivity (Wildman–Crippen MR) is 116 cm³/mol. The Hall–Kier alpha value is -3.19. The highest BCUT2D eigenvalue weighted by molar-refractivity contribution is 6.16. The molecule has 3 heterocycles. The van der Waals surface area contributed by atoms with Crippen molar-refractivity contribution in [3.8, 4) is 0 Å². The van der Waals surface area contributed by atoms with Gasteiger partial charge in [-0.1, -0.05) is 42.5 Å². The zero-order valence-electron chi connectivity index (χ0n) is 17.7. The highest BCUT2D eigenvalue weighted by atomic mass is 16.2. The number of nitrogens with zero attached hydrogens (tertiary/aromatic N) is 4. The van der Waals surface area contributed by atoms with Crippen LogP contribution >= 0.6 is 0 Å². The van der Waals surface area contributed by atoms with Crippen molar-refractivity contribution in [1.82, 2.24) is 14.7 Å². The SMILES string of the molecule is CN1CCN(C(=O)C23CCC(=O)N2c2ccccc2C(=O)N3Cc2ccccc2)CC1. The fourth-order valence-corrected chi connectivity index (χ4v) is 5.01. The summed E-state index contributed by atoms with van der Waals surface area (Å²) < 4.78 is 0. The van der Waals surface area contributed by atoms with Crippen molar-refractivity contribution in [2.24, 2.45) is 0 Å². The topological polar surface area (TPSA) is 64.2 Å². The minimum Gasteiger partial charge on any atom is -0.336 e. The molecule has 5 rings (SSSR count). The molecule has 2 fully saturated rings. The molecule has 31 heavy (non-hydrogen) atoms. The third-order valence-electron chi connectivity index (χ3n) is 6.69. The van der Waals surface area contributed by atoms with Crippen molar-refractivity contribution in [2.75, 3.05) is 38.1 Å². The van der Waals surface area contributed by atoms with Crippen LogP contribution in [0.25, 0.3) is 0 Å². The Balaban J connectivity index is 1.64. The van der Waals surface area contributed by atoms with E-state index in [1.54, 1.807) is 28.0 Å². The fraction of sp³-hybridized carbons (Fsp3) is 0.375. The smallest absolute Gasteiger partial charge is 0.270 e. The number of anilines is 1. The second kappa shape index (κ2) is 7.50. The minimum atomic E-state index is -1.31. The first kappa shape index (κ1) is 19.8. The molecule has 3 aliphatic heterocycles. The number of hydrogen-bond acceptors (Lipinski definition) is 4. The van der Waals surface area contributed by atoms with Crippen LogP contribution in [-0.4, -0.2) is 71.3 Å². The fourth-order valence-electron chi connectivity index (χ4n) is 5.01. The molecule has 2 saturated heterocycles. The summed E-state index contributed by atoms with van der Waals surface area (Å²) in [6.45, 7) is 3.01. The van der Waals surface area contributed by atoms with Crippen LogP contribution in [0.1, 0.15) is 28.8 Å². The van der Waals surface area contributed by atoms with E-state index in [9.17, 15) is 14.4 Å². The van der Waals surface area contributed by atoms with Gasteiger partial charge in [-0.3, -0.25) is 19.3 Å². The molecule has 0 bridgehead atoms. The Morgan fingerprint density at radius 2 is 1.61 bits per heavy atom. The first-order chi connectivity index (χ1) is 15.0. The summed E-state index contributed by atoms with van der Waals surface area (Å²) in [7, 11) is 2.04. The van der Waals surface area contributed by atoms with Crippen molar-refractivity contribution in [1.29, 1.82) is 0 Å². The van der Waals surface area contributed by atoms with E-state index < -0.39 is 5.66 Å². The molecular formula is C24H26N4O3. The van der Waals surface area contributed by atoms with Crippen molar-refractivity contribution in [3.05, 3.63) is 65.7 Å². The van der Waals surface area contributed by atoms with Crippen LogP contribution in [0.2, 0.25) is 0 Å². The molecule has 7 heteroatoms. The number of hydrogen-bond donors (Lipinski definition) is 0. The third-order valence-corrected chi connectivity index (χ3v) is 6.69. The van der Waals surface area contributed by atoms with Crippen molar-refractivity contribution in [3.63, 3.8) is 0 Å². The molecule has 3 aliphatic rings. The lowest BCUT2D eigenvalue weighted by Gasteiger charge is -2.51. The summed E-state index contributed by atoms with van der Waals surface area (Å²) in [5.41, 5.74) is 0.631. The molecule has 0 spiro atoms. The van der Waals surface area contributed by atoms with Gasteiger partial charge in [0.05, 0.1) is 11.3 Å². The largest absolute Gasteiger partial charge is 0.336 e. The van der Waals surface area contributed by atoms with Crippen LogP contribution in [0.4, 0.5) is 5.69 Å². The summed E-state index contributed by atoms with van der Waals surface area (Å²) in [5, 5.41) is 0. The van der Waals surface area contributed by atoms with E-state index in [-0.39, 0.29) is 30.7 Å². The van der Waals surface area contributed by atoms with E-state index in [0.717, 1.165) is 18.7 Å². The first-order valence-electron chi connectivity index (χ1n) is 10.8. The van der Waals surface area contributed by atoms with E-state index in [4.69, 9.17) is 0 Å². The lowest BCUT2D eigenvalue weighted by atomic mass is 9.94. The van der Waals surface area contributed by atoms with Gasteiger partial charge in [0.2, 0.25) is 11.6 Å². The normalized spacial score (nSPS) is 23.7. The van der Waals surface area contributed by atoms with E-state index in [0.29, 0.717) is 30.8 Å². The maximum absolute atomic E-state index is 14.1. The predicted octanol–water partition coefficient (Wildman–Crippen LogP) is 1.94. The molecule has 7 nitrogen and oxygen atoms in total. The Bertz CT molecular complexity index is 1030. The Kier molecular flexibility index (Phi) is 4.78. The Morgan fingerprint density at radius 3 is 2.35 bits per heavy atom. The highest BCUT2D eigenvalue weighted by Crippen LogP contribution is 2.46. The molecule has 1 unspecified atom stereocenters. The van der Waals surface area contributed by atoms with Crippen LogP contribution in [0, 0.1) is 0 Å². The Morgan fingerprint density at radius 1 is 0.935 bits per heavy atom. The zero-order chi connectivity index (χ0) is 21.6. The molecule has 3 amide bonds. The maximum atomic E-state index is 14.1. The molecule has 160 valence electrons.